The van der Waals surface area contributed by atoms with Gasteiger partial charge in [0.2, 0.25) is 5.43 Å². The maximum absolute atomic E-state index is 11.9. The van der Waals surface area contributed by atoms with Crippen LogP contribution < -0.4 is 10.3 Å². The second-order valence-electron chi connectivity index (χ2n) is 5.64. The Hall–Kier alpha value is -0.780. The average Bonchev–Trinajstić information content (AvgIpc) is 2.46. The summed E-state index contributed by atoms with van der Waals surface area (Å²) in [5.74, 6) is 0.302. The van der Waals surface area contributed by atoms with Gasteiger partial charge in [-0.25, -0.2) is 0 Å². The zero-order valence-electron chi connectivity index (χ0n) is 13.9. The monoisotopic (exact) mass is 312 g/mol. The van der Waals surface area contributed by atoms with E-state index in [2.05, 4.69) is 32.6 Å². The molecule has 0 N–H and O–H groups in total. The van der Waals surface area contributed by atoms with Crippen molar-refractivity contribution in [3.8, 4) is 0 Å². The Labute approximate surface area is 133 Å². The normalized spacial score (nSPS) is 11.8. The van der Waals surface area contributed by atoms with Crippen molar-refractivity contribution in [2.75, 3.05) is 51.3 Å². The number of nitrogens with zero attached hydrogens (tertiary/aromatic N) is 2. The molecule has 0 heterocycles. The molecule has 0 spiro atoms. The van der Waals surface area contributed by atoms with Crippen LogP contribution in [0.2, 0.25) is 0 Å². The Kier molecular flexibility index (Phi) is 7.49. The summed E-state index contributed by atoms with van der Waals surface area (Å²) in [7, 11) is 1.94. The van der Waals surface area contributed by atoms with Crippen LogP contribution >= 0.6 is 12.2 Å². The van der Waals surface area contributed by atoms with Crippen LogP contribution in [0.25, 0.3) is 0 Å². The highest BCUT2D eigenvalue weighted by atomic mass is 32.1. The van der Waals surface area contributed by atoms with E-state index in [4.69, 9.17) is 17.0 Å². The van der Waals surface area contributed by atoms with Crippen molar-refractivity contribution in [3.05, 3.63) is 20.3 Å². The topological polar surface area (TPSA) is 32.8 Å². The Morgan fingerprint density at radius 1 is 1.14 bits per heavy atom. The maximum Gasteiger partial charge on any atom is 0.220 e. The van der Waals surface area contributed by atoms with E-state index in [0.717, 1.165) is 44.0 Å². The summed E-state index contributed by atoms with van der Waals surface area (Å²) >= 11 is 5.14. The van der Waals surface area contributed by atoms with E-state index in [1.165, 1.54) is 0 Å². The first-order valence-corrected chi connectivity index (χ1v) is 8.19. The number of rotatable bonds is 10. The molecule has 0 fully saturated rings. The van der Waals surface area contributed by atoms with Crippen LogP contribution in [0, 0.1) is 4.51 Å². The molecule has 1 aromatic rings. The fraction of sp³-hybridized carbons (Fsp3) is 0.750. The van der Waals surface area contributed by atoms with Crippen LogP contribution in [-0.4, -0.2) is 51.3 Å². The van der Waals surface area contributed by atoms with Crippen molar-refractivity contribution in [3.63, 3.8) is 0 Å². The molecule has 1 aromatic carbocycles. The van der Waals surface area contributed by atoms with Gasteiger partial charge in [0.25, 0.3) is 0 Å². The van der Waals surface area contributed by atoms with Crippen LogP contribution in [0.15, 0.2) is 4.79 Å². The molecule has 4 nitrogen and oxygen atoms in total. The van der Waals surface area contributed by atoms with E-state index in [1.54, 1.807) is 0 Å². The molecule has 0 amide bonds. The van der Waals surface area contributed by atoms with Crippen LogP contribution in [0.4, 0.5) is 5.69 Å². The number of hydrogen-bond acceptors (Lipinski definition) is 5. The van der Waals surface area contributed by atoms with Gasteiger partial charge in [-0.1, -0.05) is 39.9 Å². The summed E-state index contributed by atoms with van der Waals surface area (Å²) in [5, 5.41) is 0. The van der Waals surface area contributed by atoms with Crippen LogP contribution in [0.1, 0.15) is 39.2 Å². The summed E-state index contributed by atoms with van der Waals surface area (Å²) in [6.07, 6.45) is 0. The molecule has 0 radical (unpaired) electrons. The molecule has 0 saturated carbocycles. The van der Waals surface area contributed by atoms with E-state index < -0.39 is 0 Å². The average molecular weight is 312 g/mol. The van der Waals surface area contributed by atoms with Crippen molar-refractivity contribution in [2.24, 2.45) is 0 Å². The maximum atomic E-state index is 11.9. The standard InChI is InChI=1S/C16H28N2O2S/c1-6-18(7-2)9-11-20-10-8-17(5)14-13(12(3)4)16(21)15(14)19/h12H,6-11H2,1-5H3. The Bertz CT molecular complexity index is 502. The zero-order chi connectivity index (χ0) is 16.0. The highest BCUT2D eigenvalue weighted by Crippen LogP contribution is 2.27. The second kappa shape index (κ2) is 8.61. The number of ether oxygens (including phenoxy) is 1. The van der Waals surface area contributed by atoms with Gasteiger partial charge in [-0.2, -0.15) is 0 Å². The molecule has 1 rings (SSSR count). The molecule has 0 atom stereocenters. The molecule has 0 aliphatic carbocycles. The Morgan fingerprint density at radius 2 is 1.71 bits per heavy atom. The van der Waals surface area contributed by atoms with Crippen LogP contribution in [-0.2, 0) is 4.74 Å². The summed E-state index contributed by atoms with van der Waals surface area (Å²) in [5.41, 5.74) is 1.82. The predicted octanol–water partition coefficient (Wildman–Crippen LogP) is 2.57. The minimum atomic E-state index is 0.0133. The first-order valence-electron chi connectivity index (χ1n) is 7.78. The number of hydrogen-bond donors (Lipinski definition) is 0. The lowest BCUT2D eigenvalue weighted by atomic mass is 9.96. The van der Waals surface area contributed by atoms with E-state index in [1.807, 2.05) is 11.9 Å². The second-order valence-corrected chi connectivity index (χ2v) is 6.04. The van der Waals surface area contributed by atoms with Gasteiger partial charge in [0, 0.05) is 25.7 Å². The van der Waals surface area contributed by atoms with E-state index in [0.29, 0.717) is 17.0 Å². The highest BCUT2D eigenvalue weighted by Gasteiger charge is 2.22. The minimum Gasteiger partial charge on any atom is -0.378 e. The zero-order valence-corrected chi connectivity index (χ0v) is 14.8. The van der Waals surface area contributed by atoms with Crippen LogP contribution in [0.5, 0.6) is 0 Å². The van der Waals surface area contributed by atoms with Crippen molar-refractivity contribution in [1.82, 2.24) is 4.90 Å². The third kappa shape index (κ3) is 4.59. The molecule has 0 saturated heterocycles. The Morgan fingerprint density at radius 3 is 2.24 bits per heavy atom. The van der Waals surface area contributed by atoms with Gasteiger partial charge in [0.15, 0.2) is 0 Å². The third-order valence-corrected chi connectivity index (χ3v) is 4.30. The van der Waals surface area contributed by atoms with Gasteiger partial charge in [-0.3, -0.25) is 4.79 Å². The van der Waals surface area contributed by atoms with Crippen LogP contribution in [0.3, 0.4) is 0 Å². The smallest absolute Gasteiger partial charge is 0.220 e. The van der Waals surface area contributed by atoms with Gasteiger partial charge in [-0.05, 0) is 19.0 Å². The third-order valence-electron chi connectivity index (χ3n) is 3.90. The highest BCUT2D eigenvalue weighted by molar-refractivity contribution is 7.71. The summed E-state index contributed by atoms with van der Waals surface area (Å²) in [6.45, 7) is 13.6. The molecule has 0 aliphatic rings. The first-order chi connectivity index (χ1) is 9.93. The van der Waals surface area contributed by atoms with Crippen molar-refractivity contribution < 1.29 is 4.74 Å². The molecule has 0 unspecified atom stereocenters. The summed E-state index contributed by atoms with van der Waals surface area (Å²) < 4.78 is 6.17. The van der Waals surface area contributed by atoms with E-state index >= 15 is 0 Å². The number of anilines is 1. The molecule has 0 aromatic heterocycles. The largest absolute Gasteiger partial charge is 0.378 e. The fourth-order valence-electron chi connectivity index (χ4n) is 2.46. The van der Waals surface area contributed by atoms with Gasteiger partial charge in [0.1, 0.15) is 0 Å². The molecule has 0 aliphatic heterocycles. The lowest BCUT2D eigenvalue weighted by Crippen LogP contribution is -2.33. The SMILES string of the molecule is CCN(CC)CCOCCN(C)c1c(C(C)C)c(=S)c1=O. The van der Waals surface area contributed by atoms with E-state index in [9.17, 15) is 4.79 Å². The van der Waals surface area contributed by atoms with Crippen molar-refractivity contribution in [1.29, 1.82) is 0 Å². The predicted molar refractivity (Wildman–Crippen MR) is 91.9 cm³/mol. The minimum absolute atomic E-state index is 0.0133. The molecule has 5 heteroatoms. The van der Waals surface area contributed by atoms with Gasteiger partial charge in [-0.15, -0.1) is 0 Å². The summed E-state index contributed by atoms with van der Waals surface area (Å²) in [6, 6.07) is 0. The van der Waals surface area contributed by atoms with Gasteiger partial charge >= 0.3 is 0 Å². The molecule has 0 bridgehead atoms. The first kappa shape index (κ1) is 18.3. The Balaban J connectivity index is 2.39. The lowest BCUT2D eigenvalue weighted by molar-refractivity contribution is 0.112. The summed E-state index contributed by atoms with van der Waals surface area (Å²) in [4.78, 5) is 16.2. The van der Waals surface area contributed by atoms with Gasteiger partial charge in [0.05, 0.1) is 23.4 Å². The lowest BCUT2D eigenvalue weighted by Gasteiger charge is -2.26. The molecular weight excluding hydrogens is 284 g/mol. The molecule has 21 heavy (non-hydrogen) atoms. The molecule has 120 valence electrons. The quantitative estimate of drug-likeness (QED) is 0.490. The molecular formula is C16H28N2O2S. The number of likely N-dealkylation sites (N-methyl/N-ethyl adjacent to an activating group) is 2. The van der Waals surface area contributed by atoms with Crippen molar-refractivity contribution in [2.45, 2.75) is 33.6 Å². The van der Waals surface area contributed by atoms with Crippen molar-refractivity contribution >= 4 is 17.9 Å². The fourth-order valence-corrected chi connectivity index (χ4v) is 2.89. The van der Waals surface area contributed by atoms with E-state index in [-0.39, 0.29) is 5.43 Å². The van der Waals surface area contributed by atoms with Gasteiger partial charge < -0.3 is 14.5 Å².